The second-order valence-electron chi connectivity index (χ2n) is 7.98. The average Bonchev–Trinajstić information content (AvgIpc) is 3.21. The highest BCUT2D eigenvalue weighted by atomic mass is 19.2. The van der Waals surface area contributed by atoms with Crippen molar-refractivity contribution < 1.29 is 18.4 Å². The van der Waals surface area contributed by atoms with Crippen molar-refractivity contribution in [1.82, 2.24) is 10.2 Å². The lowest BCUT2D eigenvalue weighted by Gasteiger charge is -2.19. The van der Waals surface area contributed by atoms with Crippen LogP contribution in [0.1, 0.15) is 26.7 Å². The van der Waals surface area contributed by atoms with Gasteiger partial charge in [0.1, 0.15) is 5.92 Å². The molecule has 1 aromatic carbocycles. The van der Waals surface area contributed by atoms with E-state index in [9.17, 15) is 18.4 Å². The normalized spacial score (nSPS) is 23.4. The molecule has 2 amide bonds. The van der Waals surface area contributed by atoms with Crippen LogP contribution in [0.3, 0.4) is 0 Å². The molecule has 5 nitrogen and oxygen atoms in total. The first-order valence-corrected chi connectivity index (χ1v) is 9.61. The average molecular weight is 379 g/mol. The molecule has 27 heavy (non-hydrogen) atoms. The van der Waals surface area contributed by atoms with Gasteiger partial charge >= 0.3 is 0 Å². The van der Waals surface area contributed by atoms with Gasteiger partial charge in [-0.05, 0) is 43.4 Å². The zero-order chi connectivity index (χ0) is 19.6. The summed E-state index contributed by atoms with van der Waals surface area (Å²) in [6.07, 6.45) is 1.43. The first-order chi connectivity index (χ1) is 12.8. The van der Waals surface area contributed by atoms with Crippen LogP contribution in [0.4, 0.5) is 14.5 Å². The molecule has 0 aliphatic carbocycles. The van der Waals surface area contributed by atoms with Crippen molar-refractivity contribution in [3.63, 3.8) is 0 Å². The van der Waals surface area contributed by atoms with Crippen molar-refractivity contribution >= 4 is 17.5 Å². The van der Waals surface area contributed by atoms with Gasteiger partial charge < -0.3 is 15.1 Å². The molecule has 0 bridgehead atoms. The van der Waals surface area contributed by atoms with E-state index in [4.69, 9.17) is 0 Å². The molecular formula is C20H27F2N3O2. The molecule has 0 aromatic heterocycles. The molecule has 2 heterocycles. The quantitative estimate of drug-likeness (QED) is 0.773. The molecular weight excluding hydrogens is 352 g/mol. The Labute approximate surface area is 158 Å². The third kappa shape index (κ3) is 4.64. The van der Waals surface area contributed by atoms with Crippen LogP contribution in [0, 0.1) is 29.4 Å². The minimum absolute atomic E-state index is 0.271. The minimum Gasteiger partial charge on any atom is -0.355 e. The maximum absolute atomic E-state index is 13.4. The summed E-state index contributed by atoms with van der Waals surface area (Å²) in [6.45, 7) is 8.37. The van der Waals surface area contributed by atoms with E-state index in [1.54, 1.807) is 0 Å². The molecule has 1 N–H and O–H groups in total. The molecule has 2 fully saturated rings. The van der Waals surface area contributed by atoms with Gasteiger partial charge in [-0.15, -0.1) is 0 Å². The number of amides is 2. The first kappa shape index (κ1) is 19.7. The number of anilines is 1. The number of nitrogens with zero attached hydrogens (tertiary/aromatic N) is 2. The highest BCUT2D eigenvalue weighted by molar-refractivity contribution is 6.09. The Kier molecular flexibility index (Phi) is 6.09. The van der Waals surface area contributed by atoms with Crippen molar-refractivity contribution in [1.29, 1.82) is 0 Å². The van der Waals surface area contributed by atoms with Crippen LogP contribution >= 0.6 is 0 Å². The lowest BCUT2D eigenvalue weighted by molar-refractivity contribution is -0.132. The molecule has 2 atom stereocenters. The summed E-state index contributed by atoms with van der Waals surface area (Å²) in [4.78, 5) is 28.8. The van der Waals surface area contributed by atoms with Crippen LogP contribution in [-0.4, -0.2) is 49.4 Å². The maximum Gasteiger partial charge on any atom is 0.239 e. The highest BCUT2D eigenvalue weighted by Gasteiger charge is 2.38. The molecule has 2 aliphatic rings. The number of hydrogen-bond acceptors (Lipinski definition) is 3. The van der Waals surface area contributed by atoms with Gasteiger partial charge in [0.25, 0.3) is 0 Å². The fraction of sp³-hybridized carbons (Fsp3) is 0.600. The van der Waals surface area contributed by atoms with E-state index < -0.39 is 17.6 Å². The third-order valence-corrected chi connectivity index (χ3v) is 5.30. The van der Waals surface area contributed by atoms with E-state index in [0.717, 1.165) is 38.2 Å². The number of halogens is 2. The second kappa shape index (κ2) is 8.33. The number of benzene rings is 1. The van der Waals surface area contributed by atoms with Gasteiger partial charge in [0.15, 0.2) is 11.6 Å². The molecule has 0 spiro atoms. The standard InChI is InChI=1S/C20H27F2N3O2/c1-13(2)11-24-7-5-14(12-24)10-23-19(26)16-6-8-25(20(16)27)15-3-4-17(21)18(22)9-15/h3-4,9,13-14,16H,5-8,10-12H2,1-2H3,(H,23,26). The SMILES string of the molecule is CC(C)CN1CCC(CNC(=O)C2CCN(c3ccc(F)c(F)c3)C2=O)C1. The number of carbonyl (C=O) groups is 2. The van der Waals surface area contributed by atoms with Crippen LogP contribution < -0.4 is 10.2 Å². The Morgan fingerprint density at radius 1 is 1.22 bits per heavy atom. The molecule has 148 valence electrons. The minimum atomic E-state index is -1.000. The van der Waals surface area contributed by atoms with E-state index in [1.807, 2.05) is 0 Å². The molecule has 7 heteroatoms. The Morgan fingerprint density at radius 2 is 2.00 bits per heavy atom. The molecule has 3 rings (SSSR count). The Hall–Kier alpha value is -2.02. The molecule has 1 aromatic rings. The number of carbonyl (C=O) groups excluding carboxylic acids is 2. The molecule has 0 radical (unpaired) electrons. The van der Waals surface area contributed by atoms with Crippen molar-refractivity contribution in [3.8, 4) is 0 Å². The topological polar surface area (TPSA) is 52.7 Å². The lowest BCUT2D eigenvalue weighted by atomic mass is 10.1. The zero-order valence-corrected chi connectivity index (χ0v) is 15.9. The van der Waals surface area contributed by atoms with Crippen molar-refractivity contribution in [2.75, 3.05) is 37.6 Å². The second-order valence-corrected chi connectivity index (χ2v) is 7.98. The van der Waals surface area contributed by atoms with Gasteiger partial charge in [-0.25, -0.2) is 8.78 Å². The van der Waals surface area contributed by atoms with E-state index in [1.165, 1.54) is 11.0 Å². The van der Waals surface area contributed by atoms with E-state index in [2.05, 4.69) is 24.1 Å². The summed E-state index contributed by atoms with van der Waals surface area (Å²) in [6, 6.07) is 3.35. The van der Waals surface area contributed by atoms with Gasteiger partial charge in [-0.2, -0.15) is 0 Å². The molecule has 2 saturated heterocycles. The summed E-state index contributed by atoms with van der Waals surface area (Å²) >= 11 is 0. The summed E-state index contributed by atoms with van der Waals surface area (Å²) in [5.74, 6) is -2.31. The van der Waals surface area contributed by atoms with E-state index in [0.29, 0.717) is 31.3 Å². The van der Waals surface area contributed by atoms with E-state index in [-0.39, 0.29) is 17.5 Å². The van der Waals surface area contributed by atoms with Gasteiger partial charge in [-0.3, -0.25) is 9.59 Å². The fourth-order valence-electron chi connectivity index (χ4n) is 3.96. The van der Waals surface area contributed by atoms with Crippen LogP contribution in [0.25, 0.3) is 0 Å². The van der Waals surface area contributed by atoms with Crippen LogP contribution in [0.5, 0.6) is 0 Å². The number of hydrogen-bond donors (Lipinski definition) is 1. The largest absolute Gasteiger partial charge is 0.355 e. The molecule has 2 aliphatic heterocycles. The van der Waals surface area contributed by atoms with Crippen molar-refractivity contribution in [2.45, 2.75) is 26.7 Å². The summed E-state index contributed by atoms with van der Waals surface area (Å²) in [5.41, 5.74) is 0.286. The number of rotatable bonds is 6. The predicted molar refractivity (Wildman–Crippen MR) is 99.2 cm³/mol. The van der Waals surface area contributed by atoms with Crippen LogP contribution in [0.15, 0.2) is 18.2 Å². The smallest absolute Gasteiger partial charge is 0.239 e. The number of likely N-dealkylation sites (tertiary alicyclic amines) is 1. The predicted octanol–water partition coefficient (Wildman–Crippen LogP) is 2.41. The van der Waals surface area contributed by atoms with Crippen molar-refractivity contribution in [2.24, 2.45) is 17.8 Å². The maximum atomic E-state index is 13.4. The van der Waals surface area contributed by atoms with Gasteiger partial charge in [0.2, 0.25) is 11.8 Å². The summed E-state index contributed by atoms with van der Waals surface area (Å²) in [7, 11) is 0. The van der Waals surface area contributed by atoms with E-state index >= 15 is 0 Å². The Morgan fingerprint density at radius 3 is 2.70 bits per heavy atom. The summed E-state index contributed by atoms with van der Waals surface area (Å²) < 4.78 is 26.5. The van der Waals surface area contributed by atoms with Gasteiger partial charge in [-0.1, -0.05) is 13.8 Å². The van der Waals surface area contributed by atoms with Crippen LogP contribution in [-0.2, 0) is 9.59 Å². The molecule has 2 unspecified atom stereocenters. The lowest BCUT2D eigenvalue weighted by Crippen LogP contribution is -2.39. The van der Waals surface area contributed by atoms with Crippen LogP contribution in [0.2, 0.25) is 0 Å². The fourth-order valence-corrected chi connectivity index (χ4v) is 3.96. The monoisotopic (exact) mass is 379 g/mol. The molecule has 0 saturated carbocycles. The van der Waals surface area contributed by atoms with Crippen molar-refractivity contribution in [3.05, 3.63) is 29.8 Å². The number of nitrogens with one attached hydrogen (secondary N) is 1. The Bertz CT molecular complexity index is 710. The third-order valence-electron chi connectivity index (χ3n) is 5.30. The van der Waals surface area contributed by atoms with Gasteiger partial charge in [0.05, 0.1) is 0 Å². The summed E-state index contributed by atoms with van der Waals surface area (Å²) in [5, 5.41) is 2.92. The highest BCUT2D eigenvalue weighted by Crippen LogP contribution is 2.27. The first-order valence-electron chi connectivity index (χ1n) is 9.61. The van der Waals surface area contributed by atoms with Gasteiger partial charge in [0, 0.05) is 37.9 Å². The Balaban J connectivity index is 1.51. The zero-order valence-electron chi connectivity index (χ0n) is 15.9.